The topological polar surface area (TPSA) is 13.1 Å². The van der Waals surface area contributed by atoms with Gasteiger partial charge in [-0.1, -0.05) is 6.92 Å². The molecule has 0 aromatic carbocycles. The summed E-state index contributed by atoms with van der Waals surface area (Å²) in [6, 6.07) is 3.94. The van der Waals surface area contributed by atoms with E-state index < -0.39 is 0 Å². The maximum atomic E-state index is 5.21. The van der Waals surface area contributed by atoms with Crippen molar-refractivity contribution in [3.63, 3.8) is 0 Å². The zero-order chi connectivity index (χ0) is 8.81. The summed E-state index contributed by atoms with van der Waals surface area (Å²) in [4.78, 5) is 0. The maximum Gasteiger partial charge on any atom is 0.113 e. The SMILES string of the molecule is CC(CS)CSCc1ccco1. The van der Waals surface area contributed by atoms with E-state index in [1.54, 1.807) is 6.26 Å². The largest absolute Gasteiger partial charge is 0.468 e. The highest BCUT2D eigenvalue weighted by Crippen LogP contribution is 2.16. The lowest BCUT2D eigenvalue weighted by Gasteiger charge is -2.05. The first-order valence-electron chi connectivity index (χ1n) is 4.04. The Bertz CT molecular complexity index is 196. The monoisotopic (exact) mass is 202 g/mol. The van der Waals surface area contributed by atoms with Crippen molar-refractivity contribution >= 4 is 24.4 Å². The molecule has 1 aromatic rings. The standard InChI is InChI=1S/C9H14OS2/c1-8(5-11)6-12-7-9-3-2-4-10-9/h2-4,8,11H,5-7H2,1H3. The van der Waals surface area contributed by atoms with Crippen molar-refractivity contribution in [2.45, 2.75) is 12.7 Å². The Labute approximate surface area is 83.3 Å². The van der Waals surface area contributed by atoms with Gasteiger partial charge in [0.05, 0.1) is 12.0 Å². The number of thioether (sulfide) groups is 1. The van der Waals surface area contributed by atoms with Crippen LogP contribution in [-0.2, 0) is 5.75 Å². The van der Waals surface area contributed by atoms with E-state index in [1.165, 1.54) is 0 Å². The Balaban J connectivity index is 2.11. The third-order valence-corrected chi connectivity index (χ3v) is 3.46. The minimum atomic E-state index is 0.688. The molecule has 1 rings (SSSR count). The van der Waals surface area contributed by atoms with Gasteiger partial charge in [-0.25, -0.2) is 0 Å². The number of furan rings is 1. The molecule has 0 amide bonds. The van der Waals surface area contributed by atoms with E-state index in [0.29, 0.717) is 5.92 Å². The second-order valence-corrected chi connectivity index (χ2v) is 4.28. The van der Waals surface area contributed by atoms with Crippen molar-refractivity contribution < 1.29 is 4.42 Å². The summed E-state index contributed by atoms with van der Waals surface area (Å²) in [5.41, 5.74) is 0. The van der Waals surface area contributed by atoms with Crippen LogP contribution in [0.4, 0.5) is 0 Å². The molecular weight excluding hydrogens is 188 g/mol. The van der Waals surface area contributed by atoms with Gasteiger partial charge in [-0.15, -0.1) is 0 Å². The van der Waals surface area contributed by atoms with Crippen LogP contribution in [0.5, 0.6) is 0 Å². The van der Waals surface area contributed by atoms with Gasteiger partial charge in [-0.2, -0.15) is 24.4 Å². The number of hydrogen-bond acceptors (Lipinski definition) is 3. The first-order chi connectivity index (χ1) is 5.83. The molecule has 12 heavy (non-hydrogen) atoms. The summed E-state index contributed by atoms with van der Waals surface area (Å²) in [7, 11) is 0. The van der Waals surface area contributed by atoms with Crippen molar-refractivity contribution in [2.75, 3.05) is 11.5 Å². The Hall–Kier alpha value is -0.0200. The minimum absolute atomic E-state index is 0.688. The molecule has 0 spiro atoms. The Morgan fingerprint density at radius 2 is 2.50 bits per heavy atom. The van der Waals surface area contributed by atoms with E-state index in [1.807, 2.05) is 23.9 Å². The van der Waals surface area contributed by atoms with Gasteiger partial charge in [0.1, 0.15) is 5.76 Å². The highest BCUT2D eigenvalue weighted by Gasteiger charge is 2.00. The number of hydrogen-bond donors (Lipinski definition) is 1. The molecule has 1 heterocycles. The van der Waals surface area contributed by atoms with Crippen LogP contribution in [-0.4, -0.2) is 11.5 Å². The van der Waals surface area contributed by atoms with Gasteiger partial charge in [0.25, 0.3) is 0 Å². The second-order valence-electron chi connectivity index (χ2n) is 2.88. The quantitative estimate of drug-likeness (QED) is 0.737. The molecule has 0 bridgehead atoms. The van der Waals surface area contributed by atoms with Crippen molar-refractivity contribution in [2.24, 2.45) is 5.92 Å². The Kier molecular flexibility index (Phi) is 4.69. The predicted octanol–water partition coefficient (Wildman–Crippen LogP) is 3.08. The normalized spacial score (nSPS) is 13.2. The summed E-state index contributed by atoms with van der Waals surface area (Å²) in [5.74, 6) is 4.85. The van der Waals surface area contributed by atoms with Gasteiger partial charge in [0, 0.05) is 0 Å². The molecule has 0 fully saturated rings. The molecule has 0 aliphatic carbocycles. The molecule has 0 N–H and O–H groups in total. The van der Waals surface area contributed by atoms with E-state index in [-0.39, 0.29) is 0 Å². The summed E-state index contributed by atoms with van der Waals surface area (Å²) in [6.07, 6.45) is 1.72. The first kappa shape index (κ1) is 10.1. The zero-order valence-electron chi connectivity index (χ0n) is 7.19. The third kappa shape index (κ3) is 3.59. The highest BCUT2D eigenvalue weighted by atomic mass is 32.2. The van der Waals surface area contributed by atoms with Crippen LogP contribution in [0.1, 0.15) is 12.7 Å². The predicted molar refractivity (Wildman–Crippen MR) is 57.9 cm³/mol. The Morgan fingerprint density at radius 1 is 1.67 bits per heavy atom. The molecule has 1 aromatic heterocycles. The molecule has 0 aliphatic rings. The molecular formula is C9H14OS2. The maximum absolute atomic E-state index is 5.21. The van der Waals surface area contributed by atoms with E-state index in [9.17, 15) is 0 Å². The van der Waals surface area contributed by atoms with Crippen molar-refractivity contribution in [1.82, 2.24) is 0 Å². The van der Waals surface area contributed by atoms with Crippen LogP contribution in [0.15, 0.2) is 22.8 Å². The van der Waals surface area contributed by atoms with Crippen molar-refractivity contribution in [3.8, 4) is 0 Å². The van der Waals surface area contributed by atoms with Gasteiger partial charge < -0.3 is 4.42 Å². The summed E-state index contributed by atoms with van der Waals surface area (Å²) >= 11 is 6.13. The average Bonchev–Trinajstić information content (AvgIpc) is 2.57. The van der Waals surface area contributed by atoms with Crippen LogP contribution in [0.2, 0.25) is 0 Å². The van der Waals surface area contributed by atoms with Gasteiger partial charge in [0.15, 0.2) is 0 Å². The zero-order valence-corrected chi connectivity index (χ0v) is 8.91. The van der Waals surface area contributed by atoms with Gasteiger partial charge in [0.2, 0.25) is 0 Å². The number of rotatable bonds is 5. The Morgan fingerprint density at radius 3 is 3.08 bits per heavy atom. The summed E-state index contributed by atoms with van der Waals surface area (Å²) in [5, 5.41) is 0. The van der Waals surface area contributed by atoms with Crippen LogP contribution in [0.3, 0.4) is 0 Å². The fourth-order valence-corrected chi connectivity index (χ4v) is 2.12. The molecule has 0 saturated heterocycles. The summed E-state index contributed by atoms with van der Waals surface area (Å²) in [6.45, 7) is 2.21. The van der Waals surface area contributed by atoms with Gasteiger partial charge >= 0.3 is 0 Å². The average molecular weight is 202 g/mol. The van der Waals surface area contributed by atoms with Gasteiger partial charge in [-0.05, 0) is 29.6 Å². The molecule has 3 heteroatoms. The second kappa shape index (κ2) is 5.60. The lowest BCUT2D eigenvalue weighted by molar-refractivity contribution is 0.530. The molecule has 1 nitrogen and oxygen atoms in total. The molecule has 1 unspecified atom stereocenters. The fraction of sp³-hybridized carbons (Fsp3) is 0.556. The van der Waals surface area contributed by atoms with E-state index in [2.05, 4.69) is 19.6 Å². The molecule has 0 aliphatic heterocycles. The smallest absolute Gasteiger partial charge is 0.113 e. The molecule has 1 atom stereocenters. The van der Waals surface area contributed by atoms with E-state index in [0.717, 1.165) is 23.0 Å². The molecule has 0 radical (unpaired) electrons. The third-order valence-electron chi connectivity index (χ3n) is 1.54. The van der Waals surface area contributed by atoms with Gasteiger partial charge in [-0.3, -0.25) is 0 Å². The lowest BCUT2D eigenvalue weighted by atomic mass is 10.3. The van der Waals surface area contributed by atoms with E-state index in [4.69, 9.17) is 4.42 Å². The van der Waals surface area contributed by atoms with Crippen LogP contribution < -0.4 is 0 Å². The van der Waals surface area contributed by atoms with E-state index >= 15 is 0 Å². The highest BCUT2D eigenvalue weighted by molar-refractivity contribution is 7.98. The van der Waals surface area contributed by atoms with Crippen LogP contribution in [0, 0.1) is 5.92 Å². The summed E-state index contributed by atoms with van der Waals surface area (Å²) < 4.78 is 5.21. The lowest BCUT2D eigenvalue weighted by Crippen LogP contribution is -1.99. The number of thiol groups is 1. The minimum Gasteiger partial charge on any atom is -0.468 e. The molecule has 0 saturated carbocycles. The first-order valence-corrected chi connectivity index (χ1v) is 5.82. The molecule has 68 valence electrons. The van der Waals surface area contributed by atoms with Crippen LogP contribution in [0.25, 0.3) is 0 Å². The fourth-order valence-electron chi connectivity index (χ4n) is 0.808. The van der Waals surface area contributed by atoms with Crippen molar-refractivity contribution in [1.29, 1.82) is 0 Å². The van der Waals surface area contributed by atoms with Crippen molar-refractivity contribution in [3.05, 3.63) is 24.2 Å². The van der Waals surface area contributed by atoms with Crippen LogP contribution >= 0.6 is 24.4 Å².